The zero-order valence-corrected chi connectivity index (χ0v) is 19.6. The van der Waals surface area contributed by atoms with Gasteiger partial charge in [0.15, 0.2) is 11.0 Å². The number of hydrogen-bond acceptors (Lipinski definition) is 7. The highest BCUT2D eigenvalue weighted by molar-refractivity contribution is 7.99. The summed E-state index contributed by atoms with van der Waals surface area (Å²) in [7, 11) is 1.73. The Morgan fingerprint density at radius 1 is 1.24 bits per heavy atom. The molecule has 10 nitrogen and oxygen atoms in total. The fraction of sp³-hybridized carbons (Fsp3) is 0.238. The number of aryl methyl sites for hydroxylation is 1. The van der Waals surface area contributed by atoms with Crippen LogP contribution in [-0.2, 0) is 11.8 Å². The number of nitrogens with zero attached hydrogens (tertiary/aromatic N) is 4. The molecule has 1 heterocycles. The van der Waals surface area contributed by atoms with Gasteiger partial charge in [0.2, 0.25) is 5.91 Å². The summed E-state index contributed by atoms with van der Waals surface area (Å²) in [5.41, 5.74) is 1.34. The minimum atomic E-state index is -0.517. The lowest BCUT2D eigenvalue weighted by molar-refractivity contribution is -0.384. The highest BCUT2D eigenvalue weighted by Gasteiger charge is 2.20. The van der Waals surface area contributed by atoms with Gasteiger partial charge in [-0.3, -0.25) is 19.7 Å². The van der Waals surface area contributed by atoms with Gasteiger partial charge in [-0.2, -0.15) is 0 Å². The first-order valence-electron chi connectivity index (χ1n) is 9.79. The van der Waals surface area contributed by atoms with Crippen LogP contribution in [0.25, 0.3) is 0 Å². The van der Waals surface area contributed by atoms with Crippen molar-refractivity contribution in [2.45, 2.75) is 25.0 Å². The number of carbonyl (C=O) groups is 2. The molecule has 12 heteroatoms. The van der Waals surface area contributed by atoms with Gasteiger partial charge in [0, 0.05) is 19.2 Å². The molecule has 0 aliphatic carbocycles. The van der Waals surface area contributed by atoms with Crippen molar-refractivity contribution in [2.24, 2.45) is 7.05 Å². The first kappa shape index (κ1) is 24.2. The molecule has 0 saturated heterocycles. The lowest BCUT2D eigenvalue weighted by atomic mass is 10.2. The van der Waals surface area contributed by atoms with Gasteiger partial charge in [-0.25, -0.2) is 0 Å². The number of rotatable bonds is 8. The monoisotopic (exact) mass is 488 g/mol. The molecular weight excluding hydrogens is 468 g/mol. The molecule has 0 aliphatic rings. The van der Waals surface area contributed by atoms with Crippen LogP contribution in [0.1, 0.15) is 34.7 Å². The maximum Gasteiger partial charge on any atom is 0.271 e. The highest BCUT2D eigenvalue weighted by atomic mass is 35.5. The molecular formula is C21H21ClN6O4S. The molecule has 0 spiro atoms. The van der Waals surface area contributed by atoms with E-state index in [0.717, 1.165) is 11.8 Å². The van der Waals surface area contributed by atoms with Gasteiger partial charge >= 0.3 is 0 Å². The third-order valence-electron chi connectivity index (χ3n) is 4.76. The maximum absolute atomic E-state index is 12.5. The van der Waals surface area contributed by atoms with Gasteiger partial charge < -0.3 is 15.2 Å². The quantitative estimate of drug-likeness (QED) is 0.279. The Bertz CT molecular complexity index is 1220. The number of nitrogens with one attached hydrogen (secondary N) is 2. The van der Waals surface area contributed by atoms with Crippen LogP contribution in [0.5, 0.6) is 0 Å². The molecule has 3 rings (SSSR count). The lowest BCUT2D eigenvalue weighted by Crippen LogP contribution is -2.28. The fourth-order valence-corrected chi connectivity index (χ4v) is 3.93. The Hall–Kier alpha value is -3.44. The molecule has 2 aromatic carbocycles. The van der Waals surface area contributed by atoms with Crippen LogP contribution < -0.4 is 10.6 Å². The number of benzene rings is 2. The van der Waals surface area contributed by atoms with E-state index in [4.69, 9.17) is 11.6 Å². The number of carbonyl (C=O) groups excluding carboxylic acids is 2. The number of amides is 2. The van der Waals surface area contributed by atoms with Crippen molar-refractivity contribution in [1.29, 1.82) is 0 Å². The zero-order valence-electron chi connectivity index (χ0n) is 18.0. The van der Waals surface area contributed by atoms with E-state index in [1.807, 2.05) is 0 Å². The van der Waals surface area contributed by atoms with Crippen molar-refractivity contribution in [2.75, 3.05) is 11.1 Å². The van der Waals surface area contributed by atoms with Crippen LogP contribution in [0.4, 0.5) is 11.4 Å². The van der Waals surface area contributed by atoms with Gasteiger partial charge in [-0.1, -0.05) is 41.6 Å². The summed E-state index contributed by atoms with van der Waals surface area (Å²) in [5.74, 6) is -0.146. The number of halogens is 1. The van der Waals surface area contributed by atoms with Crippen LogP contribution in [0.2, 0.25) is 5.02 Å². The van der Waals surface area contributed by atoms with Gasteiger partial charge in [0.25, 0.3) is 11.6 Å². The number of hydrogen-bond donors (Lipinski definition) is 2. The highest BCUT2D eigenvalue weighted by Crippen LogP contribution is 2.24. The minimum Gasteiger partial charge on any atom is -0.342 e. The minimum absolute atomic E-state index is 0.0223. The van der Waals surface area contributed by atoms with Crippen LogP contribution in [0, 0.1) is 17.0 Å². The van der Waals surface area contributed by atoms with Crippen molar-refractivity contribution in [3.63, 3.8) is 0 Å². The third-order valence-corrected chi connectivity index (χ3v) is 6.11. The number of nitro groups is 1. The van der Waals surface area contributed by atoms with Crippen LogP contribution in [0.3, 0.4) is 0 Å². The Morgan fingerprint density at radius 3 is 2.67 bits per heavy atom. The molecule has 0 fully saturated rings. The molecule has 0 saturated carbocycles. The molecule has 0 aliphatic heterocycles. The van der Waals surface area contributed by atoms with E-state index in [-0.39, 0.29) is 23.3 Å². The summed E-state index contributed by atoms with van der Waals surface area (Å²) in [4.78, 5) is 35.3. The summed E-state index contributed by atoms with van der Waals surface area (Å²) >= 11 is 7.23. The second-order valence-electron chi connectivity index (χ2n) is 7.17. The van der Waals surface area contributed by atoms with Crippen LogP contribution in [0.15, 0.2) is 47.6 Å². The SMILES string of the molecule is Cc1ccc([N+](=O)[O-])cc1NC(=O)CSc1nnc([C@H](C)NC(=O)c2ccccc2Cl)n1C. The van der Waals surface area contributed by atoms with Crippen LogP contribution in [-0.4, -0.2) is 37.3 Å². The third kappa shape index (κ3) is 5.88. The molecule has 0 radical (unpaired) electrons. The van der Waals surface area contributed by atoms with Crippen molar-refractivity contribution >= 4 is 46.6 Å². The topological polar surface area (TPSA) is 132 Å². The molecule has 2 N–H and O–H groups in total. The fourth-order valence-electron chi connectivity index (χ4n) is 2.99. The lowest BCUT2D eigenvalue weighted by Gasteiger charge is -2.14. The average molecular weight is 489 g/mol. The summed E-state index contributed by atoms with van der Waals surface area (Å²) in [6.07, 6.45) is 0. The van der Waals surface area contributed by atoms with E-state index in [1.165, 1.54) is 12.1 Å². The summed E-state index contributed by atoms with van der Waals surface area (Å²) in [5, 5.41) is 25.5. The molecule has 1 aromatic heterocycles. The Balaban J connectivity index is 1.61. The average Bonchev–Trinajstić information content (AvgIpc) is 3.14. The number of nitro benzene ring substituents is 1. The first-order chi connectivity index (χ1) is 15.7. The molecule has 2 amide bonds. The number of thioether (sulfide) groups is 1. The van der Waals surface area contributed by atoms with Gasteiger partial charge in [-0.05, 0) is 31.5 Å². The van der Waals surface area contributed by atoms with E-state index in [2.05, 4.69) is 20.8 Å². The summed E-state index contributed by atoms with van der Waals surface area (Å²) in [6.45, 7) is 3.52. The van der Waals surface area contributed by atoms with Crippen molar-refractivity contribution in [3.05, 3.63) is 74.6 Å². The number of non-ortho nitro benzene ring substituents is 1. The second kappa shape index (κ2) is 10.5. The molecule has 0 unspecified atom stereocenters. The van der Waals surface area contributed by atoms with Crippen molar-refractivity contribution in [1.82, 2.24) is 20.1 Å². The van der Waals surface area contributed by atoms with Crippen molar-refractivity contribution in [3.8, 4) is 0 Å². The second-order valence-corrected chi connectivity index (χ2v) is 8.52. The Labute approximate surface area is 198 Å². The van der Waals surface area contributed by atoms with Crippen LogP contribution >= 0.6 is 23.4 Å². The summed E-state index contributed by atoms with van der Waals surface area (Å²) in [6, 6.07) is 10.6. The standard InChI is InChI=1S/C21H21ClN6O4S/c1-12-8-9-14(28(31)32)10-17(12)24-18(29)11-33-21-26-25-19(27(21)3)13(2)23-20(30)15-6-4-5-7-16(15)22/h4-10,13H,11H2,1-3H3,(H,23,30)(H,24,29)/t13-/m0/s1. The van der Waals surface area contributed by atoms with Crippen molar-refractivity contribution < 1.29 is 14.5 Å². The van der Waals surface area contributed by atoms with Gasteiger partial charge in [0.1, 0.15) is 0 Å². The van der Waals surface area contributed by atoms with E-state index in [1.54, 1.807) is 55.8 Å². The predicted molar refractivity (Wildman–Crippen MR) is 126 cm³/mol. The normalized spacial score (nSPS) is 11.6. The largest absolute Gasteiger partial charge is 0.342 e. The van der Waals surface area contributed by atoms with Gasteiger partial charge in [-0.15, -0.1) is 10.2 Å². The predicted octanol–water partition coefficient (Wildman–Crippen LogP) is 3.91. The smallest absolute Gasteiger partial charge is 0.271 e. The first-order valence-corrected chi connectivity index (χ1v) is 11.2. The molecule has 3 aromatic rings. The number of anilines is 1. The molecule has 0 bridgehead atoms. The van der Waals surface area contributed by atoms with E-state index in [9.17, 15) is 19.7 Å². The summed E-state index contributed by atoms with van der Waals surface area (Å²) < 4.78 is 1.69. The zero-order chi connectivity index (χ0) is 24.1. The Morgan fingerprint density at radius 2 is 1.97 bits per heavy atom. The van der Waals surface area contributed by atoms with E-state index < -0.39 is 11.0 Å². The Kier molecular flexibility index (Phi) is 7.67. The molecule has 1 atom stereocenters. The number of aromatic nitrogens is 3. The molecule has 33 heavy (non-hydrogen) atoms. The maximum atomic E-state index is 12.5. The molecule has 172 valence electrons. The van der Waals surface area contributed by atoms with E-state index >= 15 is 0 Å². The van der Waals surface area contributed by atoms with E-state index in [0.29, 0.717) is 32.8 Å². The van der Waals surface area contributed by atoms with Gasteiger partial charge in [0.05, 0.1) is 33.0 Å².